The van der Waals surface area contributed by atoms with Gasteiger partial charge in [0, 0.05) is 31.7 Å². The number of nitrogens with zero attached hydrogens (tertiary/aromatic N) is 2. The molecule has 30 heavy (non-hydrogen) atoms. The molecule has 0 spiro atoms. The first-order valence-corrected chi connectivity index (χ1v) is 11.8. The molecule has 1 aromatic rings. The van der Waals surface area contributed by atoms with Crippen molar-refractivity contribution < 1.29 is 9.84 Å². The van der Waals surface area contributed by atoms with E-state index in [2.05, 4.69) is 27.4 Å². The fourth-order valence-electron chi connectivity index (χ4n) is 4.50. The molecule has 1 unspecified atom stereocenters. The van der Waals surface area contributed by atoms with Crippen LogP contribution in [0.25, 0.3) is 0 Å². The lowest BCUT2D eigenvalue weighted by Crippen LogP contribution is -2.51. The molecule has 0 aromatic heterocycles. The van der Waals surface area contributed by atoms with Crippen LogP contribution in [-0.2, 0) is 11.3 Å². The van der Waals surface area contributed by atoms with Crippen molar-refractivity contribution >= 4 is 5.96 Å². The van der Waals surface area contributed by atoms with Gasteiger partial charge in [-0.2, -0.15) is 0 Å². The molecule has 1 aliphatic heterocycles. The van der Waals surface area contributed by atoms with Gasteiger partial charge in [0.05, 0.1) is 25.9 Å². The minimum Gasteiger partial charge on any atom is -0.389 e. The van der Waals surface area contributed by atoms with Gasteiger partial charge in [0.25, 0.3) is 0 Å². The number of benzene rings is 1. The molecule has 1 saturated heterocycles. The van der Waals surface area contributed by atoms with Crippen LogP contribution >= 0.6 is 0 Å². The Morgan fingerprint density at radius 3 is 2.57 bits per heavy atom. The van der Waals surface area contributed by atoms with Crippen LogP contribution in [0.15, 0.2) is 35.3 Å². The van der Waals surface area contributed by atoms with Gasteiger partial charge in [-0.15, -0.1) is 0 Å². The standard InChI is InChI=1S/C24H40N4O2/c1-2-25-24(26-17-23(29)19-30-18-20-9-5-3-6-10-20)27-21-13-15-28(16-14-21)22-11-7-4-8-12-22/h3,5-6,9-10,21-23,29H,2,4,7-8,11-19H2,1H3,(H2,25,26,27). The number of piperidine rings is 1. The lowest BCUT2D eigenvalue weighted by molar-refractivity contribution is 0.0330. The molecule has 3 rings (SSSR count). The highest BCUT2D eigenvalue weighted by atomic mass is 16.5. The topological polar surface area (TPSA) is 69.1 Å². The predicted octanol–water partition coefficient (Wildman–Crippen LogP) is 2.92. The summed E-state index contributed by atoms with van der Waals surface area (Å²) in [5, 5.41) is 17.1. The Kier molecular flexibility index (Phi) is 9.93. The molecule has 2 aliphatic rings. The van der Waals surface area contributed by atoms with Crippen LogP contribution < -0.4 is 10.6 Å². The van der Waals surface area contributed by atoms with E-state index in [1.807, 2.05) is 30.3 Å². The fourth-order valence-corrected chi connectivity index (χ4v) is 4.50. The van der Waals surface area contributed by atoms with E-state index in [1.54, 1.807) is 0 Å². The normalized spacial score (nSPS) is 20.8. The van der Waals surface area contributed by atoms with Crippen LogP contribution in [-0.4, -0.2) is 66.9 Å². The number of aliphatic hydroxyl groups excluding tert-OH is 1. The van der Waals surface area contributed by atoms with Crippen LogP contribution in [0.4, 0.5) is 0 Å². The third kappa shape index (κ3) is 7.89. The second-order valence-corrected chi connectivity index (χ2v) is 8.62. The maximum Gasteiger partial charge on any atom is 0.191 e. The number of likely N-dealkylation sites (tertiary alicyclic amines) is 1. The summed E-state index contributed by atoms with van der Waals surface area (Å²) < 4.78 is 5.63. The second kappa shape index (κ2) is 12.9. The van der Waals surface area contributed by atoms with Crippen molar-refractivity contribution in [1.82, 2.24) is 15.5 Å². The smallest absolute Gasteiger partial charge is 0.191 e. The second-order valence-electron chi connectivity index (χ2n) is 8.62. The summed E-state index contributed by atoms with van der Waals surface area (Å²) in [6, 6.07) is 11.3. The molecular formula is C24H40N4O2. The summed E-state index contributed by atoms with van der Waals surface area (Å²) in [4.78, 5) is 7.30. The summed E-state index contributed by atoms with van der Waals surface area (Å²) in [5.41, 5.74) is 1.11. The highest BCUT2D eigenvalue weighted by Gasteiger charge is 2.26. The van der Waals surface area contributed by atoms with Gasteiger partial charge < -0.3 is 25.4 Å². The Bertz CT molecular complexity index is 611. The summed E-state index contributed by atoms with van der Waals surface area (Å²) in [7, 11) is 0. The van der Waals surface area contributed by atoms with Crippen molar-refractivity contribution in [3.8, 4) is 0 Å². The van der Waals surface area contributed by atoms with Crippen LogP contribution in [0.5, 0.6) is 0 Å². The Morgan fingerprint density at radius 2 is 1.87 bits per heavy atom. The average Bonchev–Trinajstić information content (AvgIpc) is 2.79. The lowest BCUT2D eigenvalue weighted by atomic mass is 9.92. The van der Waals surface area contributed by atoms with Crippen LogP contribution in [0.2, 0.25) is 0 Å². The molecule has 1 aliphatic carbocycles. The van der Waals surface area contributed by atoms with Crippen molar-refractivity contribution in [2.45, 2.75) is 76.7 Å². The molecule has 6 heteroatoms. The summed E-state index contributed by atoms with van der Waals surface area (Å²) in [6.07, 6.45) is 8.69. The monoisotopic (exact) mass is 416 g/mol. The van der Waals surface area contributed by atoms with Crippen molar-refractivity contribution in [3.05, 3.63) is 35.9 Å². The summed E-state index contributed by atoms with van der Waals surface area (Å²) in [6.45, 7) is 6.38. The third-order valence-corrected chi connectivity index (χ3v) is 6.19. The number of aliphatic hydroxyl groups is 1. The number of hydrogen-bond acceptors (Lipinski definition) is 4. The molecule has 2 fully saturated rings. The van der Waals surface area contributed by atoms with Gasteiger partial charge in [-0.1, -0.05) is 49.6 Å². The van der Waals surface area contributed by atoms with E-state index in [0.29, 0.717) is 19.2 Å². The van der Waals surface area contributed by atoms with Crippen LogP contribution in [0, 0.1) is 0 Å². The average molecular weight is 417 g/mol. The highest BCUT2D eigenvalue weighted by molar-refractivity contribution is 5.80. The molecule has 0 bridgehead atoms. The van der Waals surface area contributed by atoms with Crippen LogP contribution in [0.3, 0.4) is 0 Å². The quantitative estimate of drug-likeness (QED) is 0.427. The highest BCUT2D eigenvalue weighted by Crippen LogP contribution is 2.25. The molecule has 3 N–H and O–H groups in total. The van der Waals surface area contributed by atoms with E-state index in [0.717, 1.165) is 37.0 Å². The minimum absolute atomic E-state index is 0.289. The van der Waals surface area contributed by atoms with Gasteiger partial charge >= 0.3 is 0 Å². The minimum atomic E-state index is -0.600. The van der Waals surface area contributed by atoms with E-state index in [9.17, 15) is 5.11 Å². The van der Waals surface area contributed by atoms with Crippen molar-refractivity contribution in [1.29, 1.82) is 0 Å². The van der Waals surface area contributed by atoms with Gasteiger partial charge in [-0.05, 0) is 38.2 Å². The van der Waals surface area contributed by atoms with Gasteiger partial charge in [-0.25, -0.2) is 0 Å². The van der Waals surface area contributed by atoms with E-state index >= 15 is 0 Å². The zero-order valence-electron chi connectivity index (χ0n) is 18.6. The maximum absolute atomic E-state index is 10.2. The number of hydrogen-bond donors (Lipinski definition) is 3. The van der Waals surface area contributed by atoms with Crippen molar-refractivity contribution in [2.24, 2.45) is 4.99 Å². The number of guanidine groups is 1. The molecule has 168 valence electrons. The Labute approximate surface area is 182 Å². The Balaban J connectivity index is 1.37. The van der Waals surface area contributed by atoms with E-state index in [1.165, 1.54) is 45.2 Å². The van der Waals surface area contributed by atoms with E-state index < -0.39 is 6.10 Å². The molecule has 1 saturated carbocycles. The van der Waals surface area contributed by atoms with Gasteiger partial charge in [0.15, 0.2) is 5.96 Å². The van der Waals surface area contributed by atoms with Crippen LogP contribution in [0.1, 0.15) is 57.4 Å². The zero-order valence-corrected chi connectivity index (χ0v) is 18.6. The SMILES string of the molecule is CCNC(=NCC(O)COCc1ccccc1)NC1CCN(C2CCCCC2)CC1. The Hall–Kier alpha value is -1.63. The molecule has 1 atom stereocenters. The number of aliphatic imine (C=N–C) groups is 1. The fraction of sp³-hybridized carbons (Fsp3) is 0.708. The predicted molar refractivity (Wildman–Crippen MR) is 123 cm³/mol. The molecular weight excluding hydrogens is 376 g/mol. The summed E-state index contributed by atoms with van der Waals surface area (Å²) >= 11 is 0. The Morgan fingerprint density at radius 1 is 1.13 bits per heavy atom. The number of rotatable bonds is 9. The molecule has 6 nitrogen and oxygen atoms in total. The molecule has 0 amide bonds. The maximum atomic E-state index is 10.2. The largest absolute Gasteiger partial charge is 0.389 e. The van der Waals surface area contributed by atoms with E-state index in [-0.39, 0.29) is 6.61 Å². The first-order valence-electron chi connectivity index (χ1n) is 11.8. The van der Waals surface area contributed by atoms with Crippen molar-refractivity contribution in [3.63, 3.8) is 0 Å². The third-order valence-electron chi connectivity index (χ3n) is 6.19. The number of ether oxygens (including phenoxy) is 1. The summed E-state index contributed by atoms with van der Waals surface area (Å²) in [5.74, 6) is 0.802. The lowest BCUT2D eigenvalue weighted by Gasteiger charge is -2.39. The number of nitrogens with one attached hydrogen (secondary N) is 2. The molecule has 1 heterocycles. The van der Waals surface area contributed by atoms with Gasteiger partial charge in [0.2, 0.25) is 0 Å². The van der Waals surface area contributed by atoms with Crippen molar-refractivity contribution in [2.75, 3.05) is 32.8 Å². The van der Waals surface area contributed by atoms with Gasteiger partial charge in [-0.3, -0.25) is 4.99 Å². The molecule has 1 aromatic carbocycles. The zero-order chi connectivity index (χ0) is 21.0. The van der Waals surface area contributed by atoms with Gasteiger partial charge in [0.1, 0.15) is 0 Å². The first-order chi connectivity index (χ1) is 14.7. The van der Waals surface area contributed by atoms with E-state index in [4.69, 9.17) is 4.74 Å². The first kappa shape index (κ1) is 23.0. The molecule has 0 radical (unpaired) electrons.